The number of nitrogens with one attached hydrogen (secondary N) is 3. The second-order valence-corrected chi connectivity index (χ2v) is 7.35. The minimum atomic E-state index is 0. The highest BCUT2D eigenvalue weighted by Gasteiger charge is 2.32. The van der Waals surface area contributed by atoms with Crippen molar-refractivity contribution in [2.45, 2.75) is 57.9 Å². The van der Waals surface area contributed by atoms with Gasteiger partial charge in [-0.1, -0.05) is 19.8 Å². The van der Waals surface area contributed by atoms with Gasteiger partial charge in [-0.15, -0.1) is 24.0 Å². The highest BCUT2D eigenvalue weighted by atomic mass is 127. The van der Waals surface area contributed by atoms with E-state index in [1.165, 1.54) is 32.1 Å². The molecule has 1 heterocycles. The average molecular weight is 465 g/mol. The summed E-state index contributed by atoms with van der Waals surface area (Å²) < 4.78 is 0. The molecule has 0 unspecified atom stereocenters. The van der Waals surface area contributed by atoms with E-state index < -0.39 is 0 Å². The molecule has 1 saturated heterocycles. The molecule has 2 aliphatic rings. The molecule has 1 aliphatic heterocycles. The molecule has 6 nitrogen and oxygen atoms in total. The van der Waals surface area contributed by atoms with E-state index in [0.29, 0.717) is 18.0 Å². The summed E-state index contributed by atoms with van der Waals surface area (Å²) in [5.41, 5.74) is 0.467. The van der Waals surface area contributed by atoms with Crippen LogP contribution in [0.15, 0.2) is 4.99 Å². The molecule has 0 aromatic carbocycles. The first kappa shape index (κ1) is 22.5. The monoisotopic (exact) mass is 465 g/mol. The normalized spacial score (nSPS) is 21.5. The number of nitrogens with zero attached hydrogens (tertiary/aromatic N) is 2. The fraction of sp³-hybridized carbons (Fsp3) is 0.889. The summed E-state index contributed by atoms with van der Waals surface area (Å²) in [6.07, 6.45) is 8.76. The quantitative estimate of drug-likeness (QED) is 0.319. The zero-order valence-electron chi connectivity index (χ0n) is 16.1. The van der Waals surface area contributed by atoms with E-state index in [1.807, 2.05) is 7.05 Å². The van der Waals surface area contributed by atoms with E-state index >= 15 is 0 Å². The lowest BCUT2D eigenvalue weighted by molar-refractivity contribution is -0.122. The van der Waals surface area contributed by atoms with Crippen LogP contribution >= 0.6 is 24.0 Å². The Kier molecular flexibility index (Phi) is 10.1. The summed E-state index contributed by atoms with van der Waals surface area (Å²) in [6, 6.07) is 0.443. The summed E-state index contributed by atoms with van der Waals surface area (Å²) >= 11 is 0. The van der Waals surface area contributed by atoms with Crippen molar-refractivity contribution in [1.82, 2.24) is 20.9 Å². The number of aliphatic imine (C=N–C) groups is 1. The molecule has 1 amide bonds. The van der Waals surface area contributed by atoms with Crippen LogP contribution in [0.3, 0.4) is 0 Å². The number of halogens is 1. The molecule has 0 aromatic rings. The Morgan fingerprint density at radius 2 is 1.88 bits per heavy atom. The second-order valence-electron chi connectivity index (χ2n) is 7.35. The van der Waals surface area contributed by atoms with E-state index in [0.717, 1.165) is 38.4 Å². The first-order chi connectivity index (χ1) is 11.6. The van der Waals surface area contributed by atoms with Gasteiger partial charge in [-0.05, 0) is 37.5 Å². The molecule has 1 saturated carbocycles. The standard InChI is InChI=1S/C18H35N5O.HI/c1-4-18(9-5-6-10-18)14-21-17(20-3)22-15-7-11-23(12-8-15)13-16(24)19-2;/h15H,4-14H2,1-3H3,(H,19,24)(H2,20,21,22);1H. The number of carbonyl (C=O) groups is 1. The number of carbonyl (C=O) groups excluding carboxylic acids is 1. The van der Waals surface area contributed by atoms with E-state index in [9.17, 15) is 4.79 Å². The van der Waals surface area contributed by atoms with E-state index in [4.69, 9.17) is 0 Å². The number of hydrogen-bond donors (Lipinski definition) is 3. The maximum absolute atomic E-state index is 11.5. The summed E-state index contributed by atoms with van der Waals surface area (Å²) in [6.45, 7) is 5.77. The molecule has 0 radical (unpaired) electrons. The molecule has 0 bridgehead atoms. The zero-order valence-corrected chi connectivity index (χ0v) is 18.4. The van der Waals surface area contributed by atoms with Crippen LogP contribution in [0.4, 0.5) is 0 Å². The lowest BCUT2D eigenvalue weighted by atomic mass is 9.83. The summed E-state index contributed by atoms with van der Waals surface area (Å²) in [5.74, 6) is 1.03. The summed E-state index contributed by atoms with van der Waals surface area (Å²) in [4.78, 5) is 18.1. The van der Waals surface area contributed by atoms with Crippen LogP contribution in [0.2, 0.25) is 0 Å². The molecule has 25 heavy (non-hydrogen) atoms. The topological polar surface area (TPSA) is 68.8 Å². The third kappa shape index (κ3) is 6.92. The highest BCUT2D eigenvalue weighted by molar-refractivity contribution is 14.0. The van der Waals surface area contributed by atoms with Crippen LogP contribution < -0.4 is 16.0 Å². The highest BCUT2D eigenvalue weighted by Crippen LogP contribution is 2.40. The van der Waals surface area contributed by atoms with Crippen LogP contribution in [-0.2, 0) is 4.79 Å². The van der Waals surface area contributed by atoms with Crippen LogP contribution in [-0.4, -0.2) is 63.1 Å². The number of piperidine rings is 1. The molecule has 0 atom stereocenters. The first-order valence-electron chi connectivity index (χ1n) is 9.51. The van der Waals surface area contributed by atoms with Crippen LogP contribution in [0.25, 0.3) is 0 Å². The van der Waals surface area contributed by atoms with Gasteiger partial charge < -0.3 is 16.0 Å². The van der Waals surface area contributed by atoms with Gasteiger partial charge in [0.15, 0.2) is 5.96 Å². The van der Waals surface area contributed by atoms with Gasteiger partial charge in [0, 0.05) is 39.8 Å². The maximum Gasteiger partial charge on any atom is 0.233 e. The third-order valence-electron chi connectivity index (χ3n) is 5.84. The number of likely N-dealkylation sites (tertiary alicyclic amines) is 1. The van der Waals surface area contributed by atoms with E-state index in [2.05, 4.69) is 32.8 Å². The molecule has 146 valence electrons. The first-order valence-corrected chi connectivity index (χ1v) is 9.51. The molecule has 1 aliphatic carbocycles. The van der Waals surface area contributed by atoms with Gasteiger partial charge in [-0.3, -0.25) is 14.7 Å². The Morgan fingerprint density at radius 3 is 2.40 bits per heavy atom. The largest absolute Gasteiger partial charge is 0.358 e. The van der Waals surface area contributed by atoms with Gasteiger partial charge in [0.1, 0.15) is 0 Å². The Balaban J connectivity index is 0.00000312. The molecule has 2 fully saturated rings. The Bertz CT molecular complexity index is 429. The van der Waals surface area contributed by atoms with Crippen molar-refractivity contribution in [3.8, 4) is 0 Å². The summed E-state index contributed by atoms with van der Waals surface area (Å²) in [7, 11) is 3.54. The maximum atomic E-state index is 11.5. The van der Waals surface area contributed by atoms with E-state index in [1.54, 1.807) is 7.05 Å². The molecule has 0 aromatic heterocycles. The van der Waals surface area contributed by atoms with Crippen LogP contribution in [0.1, 0.15) is 51.9 Å². The fourth-order valence-electron chi connectivity index (χ4n) is 3.96. The number of amides is 1. The number of hydrogen-bond acceptors (Lipinski definition) is 3. The van der Waals surface area contributed by atoms with Crippen molar-refractivity contribution in [2.75, 3.05) is 40.3 Å². The number of likely N-dealkylation sites (N-methyl/N-ethyl adjacent to an activating group) is 1. The summed E-state index contributed by atoms with van der Waals surface area (Å²) in [5, 5.41) is 9.83. The van der Waals surface area contributed by atoms with Crippen molar-refractivity contribution in [3.63, 3.8) is 0 Å². The van der Waals surface area contributed by atoms with Gasteiger partial charge in [-0.2, -0.15) is 0 Å². The molecular formula is C18H36IN5O. The number of rotatable bonds is 6. The van der Waals surface area contributed by atoms with Gasteiger partial charge in [0.05, 0.1) is 6.54 Å². The van der Waals surface area contributed by atoms with Crippen molar-refractivity contribution in [1.29, 1.82) is 0 Å². The van der Waals surface area contributed by atoms with Gasteiger partial charge in [-0.25, -0.2) is 0 Å². The zero-order chi connectivity index (χ0) is 17.4. The van der Waals surface area contributed by atoms with Crippen molar-refractivity contribution in [3.05, 3.63) is 0 Å². The van der Waals surface area contributed by atoms with Crippen molar-refractivity contribution < 1.29 is 4.79 Å². The van der Waals surface area contributed by atoms with Gasteiger partial charge in [0.2, 0.25) is 5.91 Å². The van der Waals surface area contributed by atoms with Gasteiger partial charge in [0.25, 0.3) is 0 Å². The van der Waals surface area contributed by atoms with Crippen LogP contribution in [0.5, 0.6) is 0 Å². The number of guanidine groups is 1. The lowest BCUT2D eigenvalue weighted by Crippen LogP contribution is -2.51. The molecule has 0 spiro atoms. The van der Waals surface area contributed by atoms with Crippen molar-refractivity contribution in [2.24, 2.45) is 10.4 Å². The molecular weight excluding hydrogens is 429 g/mol. The Labute approximate surface area is 170 Å². The molecule has 3 N–H and O–H groups in total. The minimum Gasteiger partial charge on any atom is -0.358 e. The van der Waals surface area contributed by atoms with Gasteiger partial charge >= 0.3 is 0 Å². The molecule has 7 heteroatoms. The Hall–Kier alpha value is -0.570. The molecule has 2 rings (SSSR count). The van der Waals surface area contributed by atoms with Crippen LogP contribution in [0, 0.1) is 5.41 Å². The SMILES string of the molecule is CCC1(CNC(=NC)NC2CCN(CC(=O)NC)CC2)CCCC1.I. The lowest BCUT2D eigenvalue weighted by Gasteiger charge is -2.33. The Morgan fingerprint density at radius 1 is 1.24 bits per heavy atom. The second kappa shape index (κ2) is 11.2. The minimum absolute atomic E-state index is 0. The average Bonchev–Trinajstić information content (AvgIpc) is 3.09. The van der Waals surface area contributed by atoms with E-state index in [-0.39, 0.29) is 29.9 Å². The fourth-order valence-corrected chi connectivity index (χ4v) is 3.96. The smallest absolute Gasteiger partial charge is 0.233 e. The van der Waals surface area contributed by atoms with Crippen molar-refractivity contribution >= 4 is 35.8 Å². The predicted molar refractivity (Wildman–Crippen MR) is 115 cm³/mol. The predicted octanol–water partition coefficient (Wildman–Crippen LogP) is 1.95. The third-order valence-corrected chi connectivity index (χ3v) is 5.84.